The van der Waals surface area contributed by atoms with Crippen LogP contribution in [0.15, 0.2) is 0 Å². The van der Waals surface area contributed by atoms with Crippen LogP contribution < -0.4 is 0 Å². The number of halogens is 2. The lowest BCUT2D eigenvalue weighted by Gasteiger charge is -2.06. The minimum atomic E-state index is -5.17. The van der Waals surface area contributed by atoms with Crippen molar-refractivity contribution in [3.63, 3.8) is 0 Å². The Morgan fingerprint density at radius 3 is 1.14 bits per heavy atom. The maximum absolute atomic E-state index is 8.52. The van der Waals surface area contributed by atoms with Gasteiger partial charge < -0.3 is 9.11 Å². The third kappa shape index (κ3) is 349. The van der Waals surface area contributed by atoms with Gasteiger partial charge in [-0.15, -0.1) is 29.4 Å². The molecule has 7 heavy (non-hydrogen) atoms. The topological polar surface area (TPSA) is 80.3 Å². The van der Waals surface area contributed by atoms with Crippen LogP contribution >= 0.6 is 29.4 Å². The summed E-state index contributed by atoms with van der Waals surface area (Å²) in [6, 6.07) is 0. The van der Waals surface area contributed by atoms with Gasteiger partial charge in [-0.3, -0.25) is 8.42 Å². The third-order valence-corrected chi connectivity index (χ3v) is 0. The maximum Gasteiger partial charge on any atom is 0.0311 e. The van der Waals surface area contributed by atoms with Gasteiger partial charge in [0.15, 0.2) is 0 Å². The second-order valence-electron chi connectivity index (χ2n) is 0.408. The van der Waals surface area contributed by atoms with Crippen LogP contribution in [-0.2, 0) is 10.4 Å². The molecule has 0 radical (unpaired) electrons. The third-order valence-electron chi connectivity index (χ3n) is 0. The molecule has 7 heteroatoms. The summed E-state index contributed by atoms with van der Waals surface area (Å²) in [7, 11) is -5.17. The number of hydrogen-bond donors (Lipinski definition) is 0. The highest BCUT2D eigenvalue weighted by molar-refractivity contribution is 8.93. The largest absolute Gasteiger partial charge is 0.759 e. The minimum Gasteiger partial charge on any atom is -0.759 e. The Kier molecular flexibility index (Phi) is 10.7. The Bertz CT molecular complexity index is 94.9. The lowest BCUT2D eigenvalue weighted by molar-refractivity contribution is 0.352. The zero-order valence-electron chi connectivity index (χ0n) is 2.86. The van der Waals surface area contributed by atoms with E-state index in [4.69, 9.17) is 17.5 Å². The lowest BCUT2D eigenvalue weighted by atomic mass is 15.8. The molecular formula is H2BrClO4S-2. The maximum atomic E-state index is 8.52. The molecule has 0 aromatic rings. The predicted octanol–water partition coefficient (Wildman–Crippen LogP) is -0.338. The first-order valence-electron chi connectivity index (χ1n) is 0.667. The molecule has 0 aromatic carbocycles. The van der Waals surface area contributed by atoms with Crippen molar-refractivity contribution in [1.82, 2.24) is 0 Å². The normalized spacial score (nSPS) is 8.29. The van der Waals surface area contributed by atoms with Crippen LogP contribution in [0.2, 0.25) is 0 Å². The molecule has 0 saturated carbocycles. The number of hydrogen-bond acceptors (Lipinski definition) is 4. The second-order valence-corrected chi connectivity index (χ2v) is 1.22. The first kappa shape index (κ1) is 15.6. The molecule has 0 unspecified atom stereocenters. The minimum absolute atomic E-state index is 0. The first-order chi connectivity index (χ1) is 2.00. The van der Waals surface area contributed by atoms with E-state index < -0.39 is 10.4 Å². The summed E-state index contributed by atoms with van der Waals surface area (Å²) in [5.74, 6) is 0. The fourth-order valence-electron chi connectivity index (χ4n) is 0. The van der Waals surface area contributed by atoms with E-state index >= 15 is 0 Å². The molecule has 0 aliphatic carbocycles. The standard InChI is InChI=1S/BrH.ClH.H2O4S/c;;1-5(2,3)4/h2*1H;(H2,1,2,3,4)/p-2. The molecule has 0 N–H and O–H groups in total. The van der Waals surface area contributed by atoms with Crippen LogP contribution in [0.4, 0.5) is 0 Å². The molecule has 0 aliphatic heterocycles. The van der Waals surface area contributed by atoms with E-state index in [1.165, 1.54) is 0 Å². The van der Waals surface area contributed by atoms with E-state index in [9.17, 15) is 0 Å². The van der Waals surface area contributed by atoms with Crippen molar-refractivity contribution in [2.24, 2.45) is 0 Å². The van der Waals surface area contributed by atoms with E-state index in [2.05, 4.69) is 0 Å². The highest BCUT2D eigenvalue weighted by Gasteiger charge is 1.49. The van der Waals surface area contributed by atoms with Gasteiger partial charge in [-0.2, -0.15) is 0 Å². The molecule has 0 aromatic heterocycles. The monoisotopic (exact) mass is 212 g/mol. The summed E-state index contributed by atoms with van der Waals surface area (Å²) in [5.41, 5.74) is 0. The van der Waals surface area contributed by atoms with Crippen molar-refractivity contribution >= 4 is 39.8 Å². The van der Waals surface area contributed by atoms with Gasteiger partial charge in [0, 0.05) is 10.4 Å². The van der Waals surface area contributed by atoms with Gasteiger partial charge in [-0.25, -0.2) is 0 Å². The molecular weight excluding hydrogens is 211 g/mol. The molecule has 0 fully saturated rings. The Labute approximate surface area is 57.7 Å². The van der Waals surface area contributed by atoms with Gasteiger partial charge in [0.25, 0.3) is 0 Å². The smallest absolute Gasteiger partial charge is 0.0311 e. The molecule has 0 spiro atoms. The Morgan fingerprint density at radius 1 is 1.14 bits per heavy atom. The van der Waals surface area contributed by atoms with Crippen LogP contribution in [0.25, 0.3) is 0 Å². The molecule has 48 valence electrons. The summed E-state index contributed by atoms with van der Waals surface area (Å²) in [4.78, 5) is 0. The summed E-state index contributed by atoms with van der Waals surface area (Å²) >= 11 is 0. The summed E-state index contributed by atoms with van der Waals surface area (Å²) in [6.07, 6.45) is 0. The SMILES string of the molecule is Br.Cl.O=S(=O)([O-])[O-]. The second kappa shape index (κ2) is 4.79. The predicted molar refractivity (Wildman–Crippen MR) is 28.0 cm³/mol. The first-order valence-corrected chi connectivity index (χ1v) is 2.00. The van der Waals surface area contributed by atoms with Gasteiger partial charge in [0.1, 0.15) is 0 Å². The fraction of sp³-hybridized carbons (Fsp3) is 0. The quantitative estimate of drug-likeness (QED) is 0.407. The van der Waals surface area contributed by atoms with E-state index in [0.717, 1.165) is 0 Å². The fourth-order valence-corrected chi connectivity index (χ4v) is 0. The Balaban J connectivity index is -0.0000000800. The molecule has 0 saturated heterocycles. The van der Waals surface area contributed by atoms with Gasteiger partial charge in [-0.1, -0.05) is 0 Å². The van der Waals surface area contributed by atoms with E-state index in [-0.39, 0.29) is 29.4 Å². The highest BCUT2D eigenvalue weighted by Crippen LogP contribution is 1.57. The molecule has 0 amide bonds. The van der Waals surface area contributed by atoms with Crippen LogP contribution in [0.5, 0.6) is 0 Å². The number of rotatable bonds is 0. The van der Waals surface area contributed by atoms with Crippen molar-refractivity contribution < 1.29 is 17.5 Å². The van der Waals surface area contributed by atoms with Gasteiger partial charge in [-0.05, 0) is 0 Å². The molecule has 0 aliphatic rings. The zero-order valence-corrected chi connectivity index (χ0v) is 6.20. The zero-order chi connectivity index (χ0) is 4.50. The highest BCUT2D eigenvalue weighted by atomic mass is 79.9. The van der Waals surface area contributed by atoms with E-state index in [1.54, 1.807) is 0 Å². The molecule has 0 heterocycles. The summed E-state index contributed by atoms with van der Waals surface area (Å²) in [6.45, 7) is 0. The van der Waals surface area contributed by atoms with Crippen molar-refractivity contribution in [1.29, 1.82) is 0 Å². The Morgan fingerprint density at radius 2 is 1.14 bits per heavy atom. The van der Waals surface area contributed by atoms with Crippen LogP contribution in [0, 0.1) is 0 Å². The molecule has 0 rings (SSSR count). The van der Waals surface area contributed by atoms with Crippen molar-refractivity contribution in [2.75, 3.05) is 0 Å². The van der Waals surface area contributed by atoms with Gasteiger partial charge in [0.05, 0.1) is 0 Å². The summed E-state index contributed by atoms with van der Waals surface area (Å²) < 4.78 is 34.1. The average Bonchev–Trinajstić information content (AvgIpc) is 0.722. The van der Waals surface area contributed by atoms with Crippen LogP contribution in [0.1, 0.15) is 0 Å². The van der Waals surface area contributed by atoms with Crippen LogP contribution in [-0.4, -0.2) is 17.5 Å². The summed E-state index contributed by atoms with van der Waals surface area (Å²) in [5, 5.41) is 0. The lowest BCUT2D eigenvalue weighted by Crippen LogP contribution is -1.91. The molecule has 0 atom stereocenters. The van der Waals surface area contributed by atoms with E-state index in [1.807, 2.05) is 0 Å². The molecule has 4 nitrogen and oxygen atoms in total. The van der Waals surface area contributed by atoms with E-state index in [0.29, 0.717) is 0 Å². The van der Waals surface area contributed by atoms with Crippen molar-refractivity contribution in [3.05, 3.63) is 0 Å². The molecule has 0 bridgehead atoms. The van der Waals surface area contributed by atoms with Crippen LogP contribution in [0.3, 0.4) is 0 Å². The van der Waals surface area contributed by atoms with Gasteiger partial charge in [0.2, 0.25) is 0 Å². The Hall–Kier alpha value is 0.640. The average molecular weight is 213 g/mol. The van der Waals surface area contributed by atoms with Crippen molar-refractivity contribution in [3.8, 4) is 0 Å². The van der Waals surface area contributed by atoms with Gasteiger partial charge >= 0.3 is 0 Å². The van der Waals surface area contributed by atoms with Crippen molar-refractivity contribution in [2.45, 2.75) is 0 Å².